The van der Waals surface area contributed by atoms with Crippen LogP contribution < -0.4 is 0 Å². The van der Waals surface area contributed by atoms with Gasteiger partial charge in [-0.1, -0.05) is 69.0 Å². The maximum atomic E-state index is 10.5. The molecule has 0 unspecified atom stereocenters. The van der Waals surface area contributed by atoms with Gasteiger partial charge in [0, 0.05) is 12.8 Å². The largest absolute Gasteiger partial charge is 0.378 e. The molecule has 1 heterocycles. The number of ether oxygens (including phenoxy) is 3. The van der Waals surface area contributed by atoms with Crippen molar-refractivity contribution in [2.75, 3.05) is 13.2 Å². The number of rotatable bonds is 11. The van der Waals surface area contributed by atoms with Crippen molar-refractivity contribution in [1.29, 1.82) is 0 Å². The molecular weight excluding hydrogens is 340 g/mol. The van der Waals surface area contributed by atoms with Crippen LogP contribution in [0.5, 0.6) is 0 Å². The lowest BCUT2D eigenvalue weighted by atomic mass is 10.1. The molecule has 1 fully saturated rings. The van der Waals surface area contributed by atoms with Crippen molar-refractivity contribution < 1.29 is 19.3 Å². The molecule has 4 heteroatoms. The van der Waals surface area contributed by atoms with Gasteiger partial charge in [-0.25, -0.2) is 0 Å². The van der Waals surface area contributed by atoms with E-state index in [9.17, 15) is 5.11 Å². The first-order valence-corrected chi connectivity index (χ1v) is 9.92. The lowest BCUT2D eigenvalue weighted by molar-refractivity contribution is -0.119. The van der Waals surface area contributed by atoms with E-state index in [-0.39, 0.29) is 6.10 Å². The molecular formula is C23H32O4. The molecule has 1 saturated heterocycles. The fourth-order valence-electron chi connectivity index (χ4n) is 3.05. The van der Waals surface area contributed by atoms with E-state index in [1.54, 1.807) is 6.08 Å². The number of benzene rings is 1. The summed E-state index contributed by atoms with van der Waals surface area (Å²) in [7, 11) is 0. The molecule has 1 aromatic rings. The second-order valence-electron chi connectivity index (χ2n) is 6.81. The fourth-order valence-corrected chi connectivity index (χ4v) is 3.05. The van der Waals surface area contributed by atoms with Gasteiger partial charge in [-0.15, -0.1) is 5.92 Å². The quantitative estimate of drug-likeness (QED) is 0.359. The standard InChI is InChI=1S/C23H32O4/c1-3-5-7-15-22(25-19-20-12-8-6-9-13-20)21(24)14-10-11-16-23(4-2)26-17-18-27-23/h4,6,8-9,12-13,21-22,24H,2-3,5,7,11,15-19H2,1H3/t21-,22-/m0/s1. The molecule has 2 rings (SSSR count). The van der Waals surface area contributed by atoms with Crippen molar-refractivity contribution in [2.45, 2.75) is 70.1 Å². The Hall–Kier alpha value is -1.64. The van der Waals surface area contributed by atoms with Crippen LogP contribution in [0.2, 0.25) is 0 Å². The Kier molecular flexibility index (Phi) is 9.58. The minimum absolute atomic E-state index is 0.281. The highest BCUT2D eigenvalue weighted by Crippen LogP contribution is 2.25. The van der Waals surface area contributed by atoms with Crippen molar-refractivity contribution >= 4 is 0 Å². The van der Waals surface area contributed by atoms with Gasteiger partial charge in [0.1, 0.15) is 6.10 Å². The van der Waals surface area contributed by atoms with Crippen molar-refractivity contribution in [3.63, 3.8) is 0 Å². The molecule has 27 heavy (non-hydrogen) atoms. The van der Waals surface area contributed by atoms with Crippen LogP contribution in [0.1, 0.15) is 51.0 Å². The summed E-state index contributed by atoms with van der Waals surface area (Å²) in [6.45, 7) is 7.59. The molecule has 0 aromatic heterocycles. The Balaban J connectivity index is 1.86. The van der Waals surface area contributed by atoms with E-state index in [4.69, 9.17) is 14.2 Å². The average molecular weight is 373 g/mol. The van der Waals surface area contributed by atoms with Crippen LogP contribution >= 0.6 is 0 Å². The molecule has 0 amide bonds. The summed E-state index contributed by atoms with van der Waals surface area (Å²) in [6, 6.07) is 10.0. The van der Waals surface area contributed by atoms with Crippen LogP contribution in [0.4, 0.5) is 0 Å². The molecule has 0 spiro atoms. The summed E-state index contributed by atoms with van der Waals surface area (Å²) in [4.78, 5) is 0. The Morgan fingerprint density at radius 1 is 1.26 bits per heavy atom. The highest BCUT2D eigenvalue weighted by atomic mass is 16.7. The lowest BCUT2D eigenvalue weighted by Gasteiger charge is -2.22. The van der Waals surface area contributed by atoms with Crippen LogP contribution in [0, 0.1) is 11.8 Å². The third-order valence-electron chi connectivity index (χ3n) is 4.69. The van der Waals surface area contributed by atoms with E-state index in [0.717, 1.165) is 31.2 Å². The predicted octanol–water partition coefficient (Wildman–Crippen LogP) is 4.23. The fraction of sp³-hybridized carbons (Fsp3) is 0.565. The Bertz CT molecular complexity index is 596. The van der Waals surface area contributed by atoms with Crippen molar-refractivity contribution in [3.8, 4) is 11.8 Å². The molecule has 0 bridgehead atoms. The summed E-state index contributed by atoms with van der Waals surface area (Å²) in [5.41, 5.74) is 1.10. The van der Waals surface area contributed by atoms with Crippen molar-refractivity contribution in [2.24, 2.45) is 0 Å². The number of aliphatic hydroxyl groups is 1. The molecule has 0 aliphatic carbocycles. The van der Waals surface area contributed by atoms with Crippen LogP contribution in [-0.4, -0.2) is 36.3 Å². The maximum absolute atomic E-state index is 10.5. The Morgan fingerprint density at radius 3 is 2.67 bits per heavy atom. The maximum Gasteiger partial charge on any atom is 0.188 e. The molecule has 2 atom stereocenters. The normalized spacial score (nSPS) is 17.7. The van der Waals surface area contributed by atoms with E-state index in [1.807, 2.05) is 30.3 Å². The zero-order valence-electron chi connectivity index (χ0n) is 16.4. The second-order valence-corrected chi connectivity index (χ2v) is 6.81. The first-order chi connectivity index (χ1) is 13.2. The molecule has 1 N–H and O–H groups in total. The van der Waals surface area contributed by atoms with Gasteiger partial charge in [0.2, 0.25) is 0 Å². The molecule has 1 aliphatic rings. The molecule has 4 nitrogen and oxygen atoms in total. The van der Waals surface area contributed by atoms with E-state index in [1.165, 1.54) is 0 Å². The second kappa shape index (κ2) is 11.9. The third kappa shape index (κ3) is 7.48. The van der Waals surface area contributed by atoms with Crippen molar-refractivity contribution in [3.05, 3.63) is 48.6 Å². The van der Waals surface area contributed by atoms with E-state index in [2.05, 4.69) is 25.3 Å². The number of aliphatic hydroxyl groups excluding tert-OH is 1. The summed E-state index contributed by atoms with van der Waals surface area (Å²) < 4.78 is 17.2. The highest BCUT2D eigenvalue weighted by molar-refractivity contribution is 5.14. The zero-order chi connectivity index (χ0) is 19.4. The van der Waals surface area contributed by atoms with E-state index in [0.29, 0.717) is 32.7 Å². The van der Waals surface area contributed by atoms with Crippen LogP contribution in [0.3, 0.4) is 0 Å². The molecule has 148 valence electrons. The molecule has 0 saturated carbocycles. The van der Waals surface area contributed by atoms with Crippen LogP contribution in [0.15, 0.2) is 43.0 Å². The predicted molar refractivity (Wildman–Crippen MR) is 107 cm³/mol. The van der Waals surface area contributed by atoms with Gasteiger partial charge < -0.3 is 19.3 Å². The summed E-state index contributed by atoms with van der Waals surface area (Å²) in [6.07, 6.45) is 5.89. The Labute approximate surface area is 163 Å². The SMILES string of the molecule is C=CC1(CCC#C[C@H](O)[C@H](CCCCC)OCc2ccccc2)OCCO1. The first kappa shape index (κ1) is 21.7. The average Bonchev–Trinajstić information content (AvgIpc) is 3.18. The first-order valence-electron chi connectivity index (χ1n) is 9.92. The number of hydrogen-bond donors (Lipinski definition) is 1. The summed E-state index contributed by atoms with van der Waals surface area (Å²) in [5.74, 6) is 5.28. The minimum Gasteiger partial charge on any atom is -0.378 e. The van der Waals surface area contributed by atoms with Gasteiger partial charge in [0.25, 0.3) is 0 Å². The molecule has 0 radical (unpaired) electrons. The number of hydrogen-bond acceptors (Lipinski definition) is 4. The van der Waals surface area contributed by atoms with Crippen molar-refractivity contribution in [1.82, 2.24) is 0 Å². The van der Waals surface area contributed by atoms with E-state index >= 15 is 0 Å². The molecule has 1 aromatic carbocycles. The van der Waals surface area contributed by atoms with Gasteiger partial charge >= 0.3 is 0 Å². The number of unbranched alkanes of at least 4 members (excludes halogenated alkanes) is 2. The Morgan fingerprint density at radius 2 is 2.00 bits per heavy atom. The van der Waals surface area contributed by atoms with Gasteiger partial charge in [-0.05, 0) is 18.1 Å². The summed E-state index contributed by atoms with van der Waals surface area (Å²) >= 11 is 0. The van der Waals surface area contributed by atoms with Gasteiger partial charge in [-0.2, -0.15) is 0 Å². The van der Waals surface area contributed by atoms with Crippen LogP contribution in [0.25, 0.3) is 0 Å². The van der Waals surface area contributed by atoms with Gasteiger partial charge in [0.15, 0.2) is 5.79 Å². The minimum atomic E-state index is -0.796. The highest BCUT2D eigenvalue weighted by Gasteiger charge is 2.32. The van der Waals surface area contributed by atoms with Crippen LogP contribution in [-0.2, 0) is 20.8 Å². The zero-order valence-corrected chi connectivity index (χ0v) is 16.4. The monoisotopic (exact) mass is 372 g/mol. The smallest absolute Gasteiger partial charge is 0.188 e. The van der Waals surface area contributed by atoms with Gasteiger partial charge in [-0.3, -0.25) is 0 Å². The lowest BCUT2D eigenvalue weighted by Crippen LogP contribution is -2.28. The topological polar surface area (TPSA) is 47.9 Å². The summed E-state index contributed by atoms with van der Waals surface area (Å²) in [5, 5.41) is 10.5. The van der Waals surface area contributed by atoms with E-state index < -0.39 is 11.9 Å². The third-order valence-corrected chi connectivity index (χ3v) is 4.69. The molecule has 1 aliphatic heterocycles. The van der Waals surface area contributed by atoms with Gasteiger partial charge in [0.05, 0.1) is 25.9 Å².